The fraction of sp³-hybridized carbons (Fsp3) is 0.192. The van der Waals surface area contributed by atoms with Gasteiger partial charge in [0.05, 0.1) is 17.4 Å². The summed E-state index contributed by atoms with van der Waals surface area (Å²) in [5.74, 6) is 0. The molecule has 0 saturated carbocycles. The largest absolute Gasteiger partial charge is 0.339 e. The van der Waals surface area contributed by atoms with Gasteiger partial charge in [-0.2, -0.15) is 0 Å². The number of rotatable bonds is 5. The van der Waals surface area contributed by atoms with Crippen molar-refractivity contribution in [3.63, 3.8) is 0 Å². The summed E-state index contributed by atoms with van der Waals surface area (Å²) >= 11 is 0. The lowest BCUT2D eigenvalue weighted by molar-refractivity contribution is 0.571. The van der Waals surface area contributed by atoms with Gasteiger partial charge in [-0.05, 0) is 42.3 Å². The summed E-state index contributed by atoms with van der Waals surface area (Å²) in [7, 11) is 0. The molecule has 3 nitrogen and oxygen atoms in total. The molecule has 5 rings (SSSR count). The van der Waals surface area contributed by atoms with Crippen molar-refractivity contribution < 1.29 is 0 Å². The summed E-state index contributed by atoms with van der Waals surface area (Å²) in [6.45, 7) is 6.10. The van der Waals surface area contributed by atoms with Gasteiger partial charge in [0.25, 0.3) is 0 Å². The van der Waals surface area contributed by atoms with E-state index in [1.807, 2.05) is 6.20 Å². The van der Waals surface area contributed by atoms with Gasteiger partial charge in [0, 0.05) is 35.4 Å². The van der Waals surface area contributed by atoms with E-state index in [4.69, 9.17) is 4.98 Å². The molecule has 2 aromatic heterocycles. The second-order valence-corrected chi connectivity index (χ2v) is 7.63. The molecule has 1 atom stereocenters. The number of aryl methyl sites for hydroxylation is 1. The smallest absolute Gasteiger partial charge is 0.0677 e. The zero-order chi connectivity index (χ0) is 19.8. The Morgan fingerprint density at radius 1 is 0.862 bits per heavy atom. The quantitative estimate of drug-likeness (QED) is 0.393. The van der Waals surface area contributed by atoms with E-state index in [0.29, 0.717) is 0 Å². The van der Waals surface area contributed by atoms with Gasteiger partial charge in [0.15, 0.2) is 0 Å². The number of benzene rings is 3. The van der Waals surface area contributed by atoms with Crippen LogP contribution in [0, 0.1) is 0 Å². The van der Waals surface area contributed by atoms with E-state index in [9.17, 15) is 0 Å². The minimum Gasteiger partial charge on any atom is -0.339 e. The highest BCUT2D eigenvalue weighted by Gasteiger charge is 2.12. The second-order valence-electron chi connectivity index (χ2n) is 7.63. The maximum absolute atomic E-state index is 4.76. The predicted molar refractivity (Wildman–Crippen MR) is 122 cm³/mol. The molecule has 2 heterocycles. The molecule has 0 fully saturated rings. The zero-order valence-corrected chi connectivity index (χ0v) is 16.9. The standard InChI is InChI=1S/C26H25N3/c1-3-29-25-14-7-6-12-23(25)24-15-20(28-17-26(24)29)16-27-18(2)21-13-8-10-19-9-4-5-11-22(19)21/h4-15,17-18,27H,3,16H2,1-2H3/t18-/m1/s1. The van der Waals surface area contributed by atoms with Crippen LogP contribution in [0.25, 0.3) is 32.6 Å². The van der Waals surface area contributed by atoms with Crippen LogP contribution in [0.15, 0.2) is 79.0 Å². The van der Waals surface area contributed by atoms with Crippen molar-refractivity contribution in [3.8, 4) is 0 Å². The first kappa shape index (κ1) is 17.9. The minimum atomic E-state index is 0.246. The average molecular weight is 380 g/mol. The number of nitrogens with zero attached hydrogens (tertiary/aromatic N) is 2. The van der Waals surface area contributed by atoms with Gasteiger partial charge in [0.1, 0.15) is 0 Å². The normalized spacial score (nSPS) is 12.8. The van der Waals surface area contributed by atoms with Gasteiger partial charge in [-0.1, -0.05) is 60.7 Å². The van der Waals surface area contributed by atoms with E-state index in [2.05, 4.69) is 96.5 Å². The van der Waals surface area contributed by atoms with Crippen molar-refractivity contribution in [2.24, 2.45) is 0 Å². The Balaban J connectivity index is 1.45. The third kappa shape index (κ3) is 3.08. The Morgan fingerprint density at radius 2 is 1.62 bits per heavy atom. The van der Waals surface area contributed by atoms with Crippen molar-refractivity contribution in [1.82, 2.24) is 14.9 Å². The van der Waals surface area contributed by atoms with E-state index in [0.717, 1.165) is 18.8 Å². The highest BCUT2D eigenvalue weighted by molar-refractivity contribution is 6.07. The van der Waals surface area contributed by atoms with Crippen molar-refractivity contribution in [1.29, 1.82) is 0 Å². The molecular weight excluding hydrogens is 354 g/mol. The number of aromatic nitrogens is 2. The number of para-hydroxylation sites is 1. The molecule has 0 bridgehead atoms. The van der Waals surface area contributed by atoms with E-state index in [1.54, 1.807) is 0 Å². The third-order valence-electron chi connectivity index (χ3n) is 5.91. The molecule has 29 heavy (non-hydrogen) atoms. The van der Waals surface area contributed by atoms with Crippen LogP contribution >= 0.6 is 0 Å². The van der Waals surface area contributed by atoms with Crippen LogP contribution in [0.3, 0.4) is 0 Å². The number of pyridine rings is 1. The predicted octanol–water partition coefficient (Wildman–Crippen LogP) is 6.21. The molecule has 0 aliphatic carbocycles. The Morgan fingerprint density at radius 3 is 2.48 bits per heavy atom. The molecule has 0 aliphatic heterocycles. The molecule has 5 aromatic rings. The van der Waals surface area contributed by atoms with Crippen LogP contribution in [0.5, 0.6) is 0 Å². The summed E-state index contributed by atoms with van der Waals surface area (Å²) in [4.78, 5) is 4.76. The first-order chi connectivity index (χ1) is 14.3. The Hall–Kier alpha value is -3.17. The van der Waals surface area contributed by atoms with Gasteiger partial charge in [-0.25, -0.2) is 0 Å². The maximum atomic E-state index is 4.76. The summed E-state index contributed by atoms with van der Waals surface area (Å²) in [6, 6.07) is 26.2. The summed E-state index contributed by atoms with van der Waals surface area (Å²) in [6.07, 6.45) is 2.03. The van der Waals surface area contributed by atoms with Crippen molar-refractivity contribution in [2.75, 3.05) is 0 Å². The maximum Gasteiger partial charge on any atom is 0.0677 e. The summed E-state index contributed by atoms with van der Waals surface area (Å²) in [5, 5.41) is 8.85. The highest BCUT2D eigenvalue weighted by Crippen LogP contribution is 2.29. The monoisotopic (exact) mass is 379 g/mol. The highest BCUT2D eigenvalue weighted by atomic mass is 15.0. The first-order valence-corrected chi connectivity index (χ1v) is 10.3. The van der Waals surface area contributed by atoms with E-state index < -0.39 is 0 Å². The van der Waals surface area contributed by atoms with Crippen LogP contribution in [-0.2, 0) is 13.1 Å². The molecule has 0 radical (unpaired) electrons. The second kappa shape index (κ2) is 7.34. The fourth-order valence-electron chi connectivity index (χ4n) is 4.42. The molecule has 0 unspecified atom stereocenters. The molecule has 0 aliphatic rings. The van der Waals surface area contributed by atoms with Gasteiger partial charge < -0.3 is 9.88 Å². The lowest BCUT2D eigenvalue weighted by Crippen LogP contribution is -2.19. The summed E-state index contributed by atoms with van der Waals surface area (Å²) in [5.41, 5.74) is 4.89. The van der Waals surface area contributed by atoms with Crippen molar-refractivity contribution in [3.05, 3.63) is 90.3 Å². The van der Waals surface area contributed by atoms with E-state index in [-0.39, 0.29) is 6.04 Å². The van der Waals surface area contributed by atoms with Gasteiger partial charge >= 0.3 is 0 Å². The first-order valence-electron chi connectivity index (χ1n) is 10.3. The minimum absolute atomic E-state index is 0.246. The van der Waals surface area contributed by atoms with Crippen LogP contribution < -0.4 is 5.32 Å². The van der Waals surface area contributed by atoms with E-state index >= 15 is 0 Å². The Bertz CT molecular complexity index is 1310. The third-order valence-corrected chi connectivity index (χ3v) is 5.91. The number of nitrogens with one attached hydrogen (secondary N) is 1. The van der Waals surface area contributed by atoms with Crippen LogP contribution in [0.4, 0.5) is 0 Å². The lowest BCUT2D eigenvalue weighted by Gasteiger charge is -2.16. The summed E-state index contributed by atoms with van der Waals surface area (Å²) < 4.78 is 2.34. The van der Waals surface area contributed by atoms with Gasteiger partial charge in [0.2, 0.25) is 0 Å². The van der Waals surface area contributed by atoms with Crippen molar-refractivity contribution >= 4 is 32.6 Å². The van der Waals surface area contributed by atoms with Crippen LogP contribution in [0.2, 0.25) is 0 Å². The Labute approximate surface area is 171 Å². The molecule has 3 aromatic carbocycles. The van der Waals surface area contributed by atoms with Crippen molar-refractivity contribution in [2.45, 2.75) is 33.0 Å². The zero-order valence-electron chi connectivity index (χ0n) is 16.9. The fourth-order valence-corrected chi connectivity index (χ4v) is 4.42. The molecule has 3 heteroatoms. The SMILES string of the molecule is CCn1c2ccccc2c2cc(CN[C@H](C)c3cccc4ccccc34)ncc21. The molecule has 144 valence electrons. The lowest BCUT2D eigenvalue weighted by atomic mass is 9.99. The Kier molecular flexibility index (Phi) is 4.53. The van der Waals surface area contributed by atoms with Gasteiger partial charge in [-0.15, -0.1) is 0 Å². The molecular formula is C26H25N3. The van der Waals surface area contributed by atoms with Crippen LogP contribution in [0.1, 0.15) is 31.1 Å². The topological polar surface area (TPSA) is 29.9 Å². The molecule has 0 amide bonds. The van der Waals surface area contributed by atoms with Crippen LogP contribution in [-0.4, -0.2) is 9.55 Å². The average Bonchev–Trinajstić information content (AvgIpc) is 3.10. The number of fused-ring (bicyclic) bond motifs is 4. The van der Waals surface area contributed by atoms with Gasteiger partial charge in [-0.3, -0.25) is 4.98 Å². The number of hydrogen-bond donors (Lipinski definition) is 1. The molecule has 0 saturated heterocycles. The molecule has 0 spiro atoms. The molecule has 1 N–H and O–H groups in total. The van der Waals surface area contributed by atoms with E-state index in [1.165, 1.54) is 38.1 Å². The number of hydrogen-bond acceptors (Lipinski definition) is 2.